The Hall–Kier alpha value is -0.610. The number of carbonyl (C=O) groups excluding carboxylic acids is 1. The summed E-state index contributed by atoms with van der Waals surface area (Å²) in [6.07, 6.45) is 6.14. The van der Waals surface area contributed by atoms with Crippen LogP contribution in [0.25, 0.3) is 0 Å². The van der Waals surface area contributed by atoms with E-state index in [9.17, 15) is 4.79 Å². The Labute approximate surface area is 200 Å². The molecule has 0 saturated carbocycles. The molecule has 0 aliphatic carbocycles. The zero-order chi connectivity index (χ0) is 20.6. The molecule has 0 aromatic rings. The van der Waals surface area contributed by atoms with Gasteiger partial charge in [-0.25, -0.2) is 0 Å². The first kappa shape index (κ1) is 25.6. The second-order valence-corrected chi connectivity index (χ2v) is 9.00. The lowest BCUT2D eigenvalue weighted by Gasteiger charge is -2.39. The lowest BCUT2D eigenvalue weighted by Crippen LogP contribution is -2.57. The quantitative estimate of drug-likeness (QED) is 0.321. The zero-order valence-electron chi connectivity index (χ0n) is 19.3. The smallest absolute Gasteiger partial charge is 0.239 e. The van der Waals surface area contributed by atoms with E-state index in [-0.39, 0.29) is 30.0 Å². The summed E-state index contributed by atoms with van der Waals surface area (Å²) in [5.41, 5.74) is 0. The Morgan fingerprint density at radius 3 is 2.23 bits per heavy atom. The lowest BCUT2D eigenvalue weighted by molar-refractivity contribution is -0.135. The number of nitrogens with zero attached hydrogens (tertiary/aromatic N) is 5. The van der Waals surface area contributed by atoms with Gasteiger partial charge in [0.1, 0.15) is 0 Å². The maximum Gasteiger partial charge on any atom is 0.239 e. The van der Waals surface area contributed by atoms with Crippen molar-refractivity contribution in [1.82, 2.24) is 24.9 Å². The number of nitrogens with one attached hydrogen (secondary N) is 1. The molecule has 3 aliphatic heterocycles. The van der Waals surface area contributed by atoms with Gasteiger partial charge in [-0.05, 0) is 72.0 Å². The van der Waals surface area contributed by atoms with Crippen LogP contribution in [0.2, 0.25) is 0 Å². The summed E-state index contributed by atoms with van der Waals surface area (Å²) >= 11 is 0. The normalized spacial score (nSPS) is 23.4. The molecular formula is C22H43IN6O. The molecule has 3 rings (SSSR count). The van der Waals surface area contributed by atoms with E-state index in [1.54, 1.807) is 0 Å². The van der Waals surface area contributed by atoms with Crippen LogP contribution >= 0.6 is 24.0 Å². The highest BCUT2D eigenvalue weighted by atomic mass is 127. The molecule has 0 aromatic heterocycles. The Balaban J connectivity index is 0.00000320. The van der Waals surface area contributed by atoms with Crippen molar-refractivity contribution in [3.63, 3.8) is 0 Å². The molecular weight excluding hydrogens is 491 g/mol. The van der Waals surface area contributed by atoms with Crippen LogP contribution in [0, 0.1) is 5.92 Å². The fourth-order valence-electron chi connectivity index (χ4n) is 4.81. The summed E-state index contributed by atoms with van der Waals surface area (Å²) in [5, 5.41) is 3.48. The molecule has 3 heterocycles. The fraction of sp³-hybridized carbons (Fsp3) is 0.909. The first-order chi connectivity index (χ1) is 14.1. The van der Waals surface area contributed by atoms with Gasteiger partial charge in [-0.3, -0.25) is 14.7 Å². The van der Waals surface area contributed by atoms with Gasteiger partial charge in [0.15, 0.2) is 5.96 Å². The van der Waals surface area contributed by atoms with Crippen molar-refractivity contribution >= 4 is 35.8 Å². The maximum absolute atomic E-state index is 12.7. The number of aliphatic imine (C=N–C) groups is 1. The molecule has 1 unspecified atom stereocenters. The predicted molar refractivity (Wildman–Crippen MR) is 135 cm³/mol. The van der Waals surface area contributed by atoms with Crippen LogP contribution in [-0.4, -0.2) is 110 Å². The van der Waals surface area contributed by atoms with Crippen molar-refractivity contribution in [3.05, 3.63) is 0 Å². The number of carbonyl (C=O) groups is 1. The van der Waals surface area contributed by atoms with Gasteiger partial charge in [0.2, 0.25) is 5.91 Å². The number of guanidine groups is 1. The van der Waals surface area contributed by atoms with Gasteiger partial charge < -0.3 is 20.0 Å². The van der Waals surface area contributed by atoms with Crippen molar-refractivity contribution in [2.45, 2.75) is 52.0 Å². The number of amides is 1. The van der Waals surface area contributed by atoms with Crippen LogP contribution in [0.15, 0.2) is 4.99 Å². The SMILES string of the molecule is CCNC(=NCCC1CCN(C)CC1)N1CCN(C(C)C(=O)N2CCCC2)CC1.I. The summed E-state index contributed by atoms with van der Waals surface area (Å²) in [6, 6.07) is -0.000735. The van der Waals surface area contributed by atoms with E-state index in [0.29, 0.717) is 5.91 Å². The highest BCUT2D eigenvalue weighted by Gasteiger charge is 2.30. The minimum absolute atomic E-state index is 0. The number of likely N-dealkylation sites (tertiary alicyclic amines) is 2. The molecule has 3 fully saturated rings. The average Bonchev–Trinajstić information content (AvgIpc) is 3.28. The highest BCUT2D eigenvalue weighted by Crippen LogP contribution is 2.19. The van der Waals surface area contributed by atoms with Crippen LogP contribution in [0.5, 0.6) is 0 Å². The second-order valence-electron chi connectivity index (χ2n) is 9.00. The van der Waals surface area contributed by atoms with E-state index in [4.69, 9.17) is 4.99 Å². The molecule has 1 N–H and O–H groups in total. The average molecular weight is 535 g/mol. The van der Waals surface area contributed by atoms with Crippen LogP contribution in [0.4, 0.5) is 0 Å². The Morgan fingerprint density at radius 2 is 1.63 bits per heavy atom. The molecule has 8 heteroatoms. The largest absolute Gasteiger partial charge is 0.357 e. The third-order valence-corrected chi connectivity index (χ3v) is 6.91. The Morgan fingerprint density at radius 1 is 1.00 bits per heavy atom. The van der Waals surface area contributed by atoms with Crippen LogP contribution in [0.1, 0.15) is 46.0 Å². The molecule has 0 radical (unpaired) electrons. The van der Waals surface area contributed by atoms with Crippen LogP contribution in [-0.2, 0) is 4.79 Å². The van der Waals surface area contributed by atoms with Crippen molar-refractivity contribution in [2.24, 2.45) is 10.9 Å². The van der Waals surface area contributed by atoms with E-state index < -0.39 is 0 Å². The zero-order valence-corrected chi connectivity index (χ0v) is 21.6. The summed E-state index contributed by atoms with van der Waals surface area (Å²) in [4.78, 5) is 26.8. The van der Waals surface area contributed by atoms with Crippen molar-refractivity contribution in [2.75, 3.05) is 72.5 Å². The van der Waals surface area contributed by atoms with Gasteiger partial charge in [-0.1, -0.05) is 0 Å². The van der Waals surface area contributed by atoms with E-state index >= 15 is 0 Å². The lowest BCUT2D eigenvalue weighted by atomic mass is 9.94. The van der Waals surface area contributed by atoms with Crippen LogP contribution in [0.3, 0.4) is 0 Å². The van der Waals surface area contributed by atoms with E-state index in [1.165, 1.54) is 32.4 Å². The summed E-state index contributed by atoms with van der Waals surface area (Å²) in [7, 11) is 2.22. The molecule has 0 aromatic carbocycles. The molecule has 1 amide bonds. The molecule has 7 nitrogen and oxygen atoms in total. The summed E-state index contributed by atoms with van der Waals surface area (Å²) < 4.78 is 0. The summed E-state index contributed by atoms with van der Waals surface area (Å²) in [6.45, 7) is 14.1. The molecule has 0 spiro atoms. The fourth-order valence-corrected chi connectivity index (χ4v) is 4.81. The molecule has 3 aliphatic rings. The van der Waals surface area contributed by atoms with Gasteiger partial charge in [0, 0.05) is 52.4 Å². The first-order valence-corrected chi connectivity index (χ1v) is 11.8. The third kappa shape index (κ3) is 7.22. The standard InChI is InChI=1S/C22H42N6O.HI/c1-4-23-22(24-10-7-20-8-13-25(3)14-9-20)28-17-15-26(16-18-28)19(2)21(29)27-11-5-6-12-27;/h19-20H,4-18H2,1-3H3,(H,23,24);1H. The number of halogens is 1. The maximum atomic E-state index is 12.7. The van der Waals surface area contributed by atoms with Crippen LogP contribution < -0.4 is 5.32 Å². The monoisotopic (exact) mass is 534 g/mol. The van der Waals surface area contributed by atoms with Gasteiger partial charge in [0.05, 0.1) is 6.04 Å². The third-order valence-electron chi connectivity index (χ3n) is 6.91. The first-order valence-electron chi connectivity index (χ1n) is 11.8. The van der Waals surface area contributed by atoms with E-state index in [2.05, 4.69) is 40.9 Å². The Kier molecular flexibility index (Phi) is 11.2. The number of hydrogen-bond acceptors (Lipinski definition) is 4. The topological polar surface area (TPSA) is 54.4 Å². The number of hydrogen-bond donors (Lipinski definition) is 1. The number of piperazine rings is 1. The van der Waals surface area contributed by atoms with Crippen molar-refractivity contribution in [1.29, 1.82) is 0 Å². The van der Waals surface area contributed by atoms with E-state index in [1.807, 2.05) is 4.90 Å². The van der Waals surface area contributed by atoms with Crippen molar-refractivity contribution in [3.8, 4) is 0 Å². The minimum Gasteiger partial charge on any atom is -0.357 e. The molecule has 1 atom stereocenters. The van der Waals surface area contributed by atoms with Gasteiger partial charge in [-0.2, -0.15) is 0 Å². The van der Waals surface area contributed by atoms with Gasteiger partial charge in [-0.15, -0.1) is 24.0 Å². The van der Waals surface area contributed by atoms with Crippen molar-refractivity contribution < 1.29 is 4.79 Å². The van der Waals surface area contributed by atoms with Gasteiger partial charge >= 0.3 is 0 Å². The molecule has 30 heavy (non-hydrogen) atoms. The molecule has 3 saturated heterocycles. The number of piperidine rings is 1. The predicted octanol–water partition coefficient (Wildman–Crippen LogP) is 1.93. The van der Waals surface area contributed by atoms with E-state index in [0.717, 1.165) is 77.1 Å². The minimum atomic E-state index is -0.000735. The number of rotatable bonds is 6. The Bertz CT molecular complexity index is 538. The highest BCUT2D eigenvalue weighted by molar-refractivity contribution is 14.0. The van der Waals surface area contributed by atoms with Gasteiger partial charge in [0.25, 0.3) is 0 Å². The molecule has 0 bridgehead atoms. The summed E-state index contributed by atoms with van der Waals surface area (Å²) in [5.74, 6) is 2.19. The molecule has 174 valence electrons. The second kappa shape index (κ2) is 13.1.